The molecule has 0 radical (unpaired) electrons. The van der Waals surface area contributed by atoms with E-state index in [-0.39, 0.29) is 5.17 Å². The Morgan fingerprint density at radius 3 is 2.87 bits per heavy atom. The number of thioether (sulfide) groups is 1. The number of amidine groups is 1. The third kappa shape index (κ3) is 2.88. The van der Waals surface area contributed by atoms with Crippen LogP contribution < -0.4 is 5.73 Å². The summed E-state index contributed by atoms with van der Waals surface area (Å²) in [6.45, 7) is 2.60. The molecule has 0 aromatic carbocycles. The monoisotopic (exact) mass is 227 g/mol. The molecule has 2 rings (SSSR count). The molecule has 3 N–H and O–H groups in total. The van der Waals surface area contributed by atoms with Gasteiger partial charge in [-0.2, -0.15) is 0 Å². The Kier molecular flexibility index (Phi) is 3.92. The summed E-state index contributed by atoms with van der Waals surface area (Å²) in [5.74, 6) is 1.82. The maximum absolute atomic E-state index is 7.27. The smallest absolute Gasteiger partial charge is 0.151 e. The van der Waals surface area contributed by atoms with Crippen LogP contribution in [0.5, 0.6) is 0 Å². The lowest BCUT2D eigenvalue weighted by molar-refractivity contribution is 0.0694. The predicted molar refractivity (Wildman–Crippen MR) is 66.3 cm³/mol. The van der Waals surface area contributed by atoms with Crippen LogP contribution in [-0.4, -0.2) is 35.0 Å². The molecule has 0 unspecified atom stereocenters. The van der Waals surface area contributed by atoms with E-state index in [4.69, 9.17) is 11.1 Å². The summed E-state index contributed by atoms with van der Waals surface area (Å²) in [7, 11) is 0. The van der Waals surface area contributed by atoms with E-state index in [1.807, 2.05) is 0 Å². The molecule has 2 aliphatic rings. The Balaban J connectivity index is 1.88. The number of nitrogens with one attached hydrogen (secondary N) is 1. The predicted octanol–water partition coefficient (Wildman–Crippen LogP) is 1.88. The number of rotatable bonds is 2. The van der Waals surface area contributed by atoms with Crippen LogP contribution in [-0.2, 0) is 0 Å². The largest absolute Gasteiger partial charge is 0.379 e. The van der Waals surface area contributed by atoms with Gasteiger partial charge in [0.1, 0.15) is 0 Å². The highest BCUT2D eigenvalue weighted by molar-refractivity contribution is 8.13. The molecule has 2 heterocycles. The van der Waals surface area contributed by atoms with Crippen molar-refractivity contribution in [2.75, 3.05) is 18.8 Å². The Morgan fingerprint density at radius 2 is 2.07 bits per heavy atom. The van der Waals surface area contributed by atoms with Gasteiger partial charge in [0.05, 0.1) is 0 Å². The van der Waals surface area contributed by atoms with Gasteiger partial charge < -0.3 is 10.6 Å². The van der Waals surface area contributed by atoms with E-state index in [2.05, 4.69) is 4.90 Å². The topological polar surface area (TPSA) is 53.1 Å². The first-order chi connectivity index (χ1) is 7.27. The first-order valence-electron chi connectivity index (χ1n) is 5.98. The minimum Gasteiger partial charge on any atom is -0.379 e. The lowest BCUT2D eigenvalue weighted by atomic mass is 9.85. The first-order valence-corrected chi connectivity index (χ1v) is 6.97. The second-order valence-corrected chi connectivity index (χ2v) is 5.74. The number of fused-ring (bicyclic) bond motifs is 1. The van der Waals surface area contributed by atoms with Crippen LogP contribution in [0.25, 0.3) is 0 Å². The van der Waals surface area contributed by atoms with Crippen molar-refractivity contribution >= 4 is 16.9 Å². The molecule has 15 heavy (non-hydrogen) atoms. The number of hydrogen-bond acceptors (Lipinski definition) is 3. The Labute approximate surface area is 96.3 Å². The van der Waals surface area contributed by atoms with E-state index in [0.717, 1.165) is 17.7 Å². The third-order valence-electron chi connectivity index (χ3n) is 3.68. The molecule has 0 aromatic heterocycles. The van der Waals surface area contributed by atoms with Crippen LogP contribution >= 0.6 is 11.8 Å². The minimum absolute atomic E-state index is 0.280. The summed E-state index contributed by atoms with van der Waals surface area (Å²) in [6.07, 6.45) is 6.80. The van der Waals surface area contributed by atoms with Crippen LogP contribution in [0.2, 0.25) is 0 Å². The highest BCUT2D eigenvalue weighted by atomic mass is 32.2. The molecule has 3 nitrogen and oxygen atoms in total. The highest BCUT2D eigenvalue weighted by Crippen LogP contribution is 2.32. The van der Waals surface area contributed by atoms with Gasteiger partial charge in [-0.15, -0.1) is 0 Å². The zero-order valence-corrected chi connectivity index (χ0v) is 10.1. The molecule has 2 atom stereocenters. The van der Waals surface area contributed by atoms with Gasteiger partial charge in [0, 0.05) is 11.8 Å². The van der Waals surface area contributed by atoms with Gasteiger partial charge in [0.15, 0.2) is 5.17 Å². The molecule has 2 fully saturated rings. The summed E-state index contributed by atoms with van der Waals surface area (Å²) < 4.78 is 0. The van der Waals surface area contributed by atoms with Crippen molar-refractivity contribution in [1.29, 1.82) is 5.41 Å². The number of nitrogens with zero attached hydrogens (tertiary/aromatic N) is 1. The fourth-order valence-corrected chi connectivity index (χ4v) is 3.75. The number of piperidine rings is 2. The van der Waals surface area contributed by atoms with Crippen LogP contribution in [0.15, 0.2) is 0 Å². The summed E-state index contributed by atoms with van der Waals surface area (Å²) in [4.78, 5) is 2.67. The lowest BCUT2D eigenvalue weighted by Crippen LogP contribution is -2.48. The SMILES string of the molecule is N=C(N)SC[C@@H]1CCCN2CCCC[C@@H]12. The standard InChI is InChI=1S/C11H21N3S/c12-11(13)15-8-9-4-3-7-14-6-2-1-5-10(9)14/h9-10H,1-8H2,(H3,12,13)/t9-,10-/m0/s1. The van der Waals surface area contributed by atoms with Crippen molar-refractivity contribution in [2.24, 2.45) is 11.7 Å². The molecule has 2 saturated heterocycles. The van der Waals surface area contributed by atoms with Gasteiger partial charge in [-0.1, -0.05) is 18.2 Å². The van der Waals surface area contributed by atoms with Gasteiger partial charge >= 0.3 is 0 Å². The van der Waals surface area contributed by atoms with Crippen molar-refractivity contribution in [3.8, 4) is 0 Å². The van der Waals surface area contributed by atoms with Gasteiger partial charge in [-0.3, -0.25) is 5.41 Å². The van der Waals surface area contributed by atoms with Crippen molar-refractivity contribution in [3.63, 3.8) is 0 Å². The molecule has 4 heteroatoms. The second kappa shape index (κ2) is 5.21. The molecule has 0 saturated carbocycles. The van der Waals surface area contributed by atoms with Crippen molar-refractivity contribution < 1.29 is 0 Å². The molecule has 0 aliphatic carbocycles. The zero-order valence-electron chi connectivity index (χ0n) is 9.24. The van der Waals surface area contributed by atoms with Crippen molar-refractivity contribution in [2.45, 2.75) is 38.1 Å². The number of nitrogens with two attached hydrogens (primary N) is 1. The molecular formula is C11H21N3S. The van der Waals surface area contributed by atoms with E-state index < -0.39 is 0 Å². The third-order valence-corrected chi connectivity index (χ3v) is 4.59. The van der Waals surface area contributed by atoms with E-state index in [1.54, 1.807) is 0 Å². The van der Waals surface area contributed by atoms with Crippen LogP contribution in [0.3, 0.4) is 0 Å². The average molecular weight is 227 g/mol. The van der Waals surface area contributed by atoms with Gasteiger partial charge in [0.25, 0.3) is 0 Å². The average Bonchev–Trinajstić information content (AvgIpc) is 2.26. The summed E-state index contributed by atoms with van der Waals surface area (Å²) in [6, 6.07) is 0.791. The fraction of sp³-hybridized carbons (Fsp3) is 0.909. The first kappa shape index (κ1) is 11.3. The van der Waals surface area contributed by atoms with E-state index >= 15 is 0 Å². The normalized spacial score (nSPS) is 32.3. The Morgan fingerprint density at radius 1 is 1.27 bits per heavy atom. The fourth-order valence-electron chi connectivity index (χ4n) is 2.97. The molecule has 0 spiro atoms. The summed E-state index contributed by atoms with van der Waals surface area (Å²) in [5.41, 5.74) is 5.41. The van der Waals surface area contributed by atoms with Crippen LogP contribution in [0, 0.1) is 11.3 Å². The minimum atomic E-state index is 0.280. The van der Waals surface area contributed by atoms with Gasteiger partial charge in [-0.05, 0) is 44.7 Å². The van der Waals surface area contributed by atoms with Crippen LogP contribution in [0.4, 0.5) is 0 Å². The van der Waals surface area contributed by atoms with Gasteiger partial charge in [0.2, 0.25) is 0 Å². The second-order valence-electron chi connectivity index (χ2n) is 4.68. The van der Waals surface area contributed by atoms with E-state index in [1.165, 1.54) is 57.0 Å². The lowest BCUT2D eigenvalue weighted by Gasteiger charge is -2.44. The molecule has 86 valence electrons. The molecule has 2 aliphatic heterocycles. The molecule has 0 aromatic rings. The molecule has 0 amide bonds. The van der Waals surface area contributed by atoms with Gasteiger partial charge in [-0.25, -0.2) is 0 Å². The summed E-state index contributed by atoms with van der Waals surface area (Å²) in [5, 5.41) is 7.55. The highest BCUT2D eigenvalue weighted by Gasteiger charge is 2.32. The molecule has 0 bridgehead atoms. The van der Waals surface area contributed by atoms with Crippen LogP contribution in [0.1, 0.15) is 32.1 Å². The Bertz CT molecular complexity index is 230. The summed E-state index contributed by atoms with van der Waals surface area (Å²) >= 11 is 1.53. The van der Waals surface area contributed by atoms with Crippen molar-refractivity contribution in [1.82, 2.24) is 4.90 Å². The Hall–Kier alpha value is -0.220. The maximum Gasteiger partial charge on any atom is 0.151 e. The van der Waals surface area contributed by atoms with E-state index in [9.17, 15) is 0 Å². The maximum atomic E-state index is 7.27. The number of hydrogen-bond donors (Lipinski definition) is 2. The quantitative estimate of drug-likeness (QED) is 0.559. The zero-order chi connectivity index (χ0) is 10.7. The van der Waals surface area contributed by atoms with E-state index in [0.29, 0.717) is 0 Å². The van der Waals surface area contributed by atoms with Crippen molar-refractivity contribution in [3.05, 3.63) is 0 Å². The molecular weight excluding hydrogens is 206 g/mol.